The maximum absolute atomic E-state index is 5.78. The minimum Gasteiger partial charge on any atom is -0.330 e. The Bertz CT molecular complexity index is 232. The van der Waals surface area contributed by atoms with Crippen LogP contribution >= 0.6 is 0 Å². The molecule has 0 aromatic carbocycles. The molecule has 1 fully saturated rings. The lowest BCUT2D eigenvalue weighted by Gasteiger charge is -2.36. The van der Waals surface area contributed by atoms with Crippen molar-refractivity contribution in [2.75, 3.05) is 39.8 Å². The molecule has 0 aliphatic carbocycles. The molecule has 1 aliphatic rings. The number of likely N-dealkylation sites (tertiary alicyclic amines) is 1. The lowest BCUT2D eigenvalue weighted by atomic mass is 9.87. The minimum atomic E-state index is 0.324. The number of unbranched alkanes of at least 4 members (excludes halogenated alkanes) is 1. The van der Waals surface area contributed by atoms with E-state index in [9.17, 15) is 0 Å². The fourth-order valence-electron chi connectivity index (χ4n) is 2.93. The van der Waals surface area contributed by atoms with Gasteiger partial charge in [0, 0.05) is 6.04 Å². The van der Waals surface area contributed by atoms with E-state index in [4.69, 9.17) is 5.73 Å². The van der Waals surface area contributed by atoms with Gasteiger partial charge >= 0.3 is 0 Å². The second-order valence-electron chi connectivity index (χ2n) is 6.97. The van der Waals surface area contributed by atoms with Crippen molar-refractivity contribution >= 4 is 0 Å². The quantitative estimate of drug-likeness (QED) is 0.687. The van der Waals surface area contributed by atoms with Gasteiger partial charge in [-0.25, -0.2) is 0 Å². The molecule has 1 aliphatic heterocycles. The molecule has 1 rings (SSSR count). The Kier molecular flexibility index (Phi) is 7.33. The summed E-state index contributed by atoms with van der Waals surface area (Å²) in [5.41, 5.74) is 6.10. The van der Waals surface area contributed by atoms with Crippen molar-refractivity contribution in [2.24, 2.45) is 11.1 Å². The van der Waals surface area contributed by atoms with Gasteiger partial charge in [-0.05, 0) is 70.9 Å². The molecule has 19 heavy (non-hydrogen) atoms. The van der Waals surface area contributed by atoms with Crippen molar-refractivity contribution in [2.45, 2.75) is 58.9 Å². The molecule has 1 saturated heterocycles. The predicted molar refractivity (Wildman–Crippen MR) is 84.5 cm³/mol. The summed E-state index contributed by atoms with van der Waals surface area (Å²) in [5, 5.41) is 0. The highest BCUT2D eigenvalue weighted by atomic mass is 15.2. The van der Waals surface area contributed by atoms with E-state index in [2.05, 4.69) is 37.6 Å². The summed E-state index contributed by atoms with van der Waals surface area (Å²) in [6, 6.07) is 0.810. The molecule has 0 spiro atoms. The van der Waals surface area contributed by atoms with Crippen LogP contribution in [0.2, 0.25) is 0 Å². The summed E-state index contributed by atoms with van der Waals surface area (Å²) in [6.07, 6.45) is 6.57. The fraction of sp³-hybridized carbons (Fsp3) is 1.00. The highest BCUT2D eigenvalue weighted by Gasteiger charge is 2.21. The number of piperidine rings is 1. The van der Waals surface area contributed by atoms with Gasteiger partial charge < -0.3 is 15.5 Å². The van der Waals surface area contributed by atoms with E-state index >= 15 is 0 Å². The molecule has 0 saturated carbocycles. The first-order chi connectivity index (χ1) is 8.98. The van der Waals surface area contributed by atoms with Crippen molar-refractivity contribution in [3.8, 4) is 0 Å². The van der Waals surface area contributed by atoms with Crippen LogP contribution in [0.3, 0.4) is 0 Å². The normalized spacial score (nSPS) is 19.3. The van der Waals surface area contributed by atoms with Gasteiger partial charge in [-0.2, -0.15) is 0 Å². The van der Waals surface area contributed by atoms with Crippen LogP contribution in [-0.2, 0) is 0 Å². The van der Waals surface area contributed by atoms with E-state index in [1.54, 1.807) is 0 Å². The molecule has 0 amide bonds. The van der Waals surface area contributed by atoms with E-state index in [-0.39, 0.29) is 0 Å². The zero-order chi connectivity index (χ0) is 14.3. The van der Waals surface area contributed by atoms with Crippen molar-refractivity contribution in [3.05, 3.63) is 0 Å². The number of rotatable bonds is 8. The Morgan fingerprint density at radius 2 is 1.84 bits per heavy atom. The third kappa shape index (κ3) is 6.24. The molecular formula is C16H35N3. The standard InChI is InChI=1S/C16H35N3/c1-5-19-12-8-15(9-13-19)18(4)11-7-6-10-16(2,3)14-17/h15H,5-14,17H2,1-4H3. The van der Waals surface area contributed by atoms with Gasteiger partial charge in [0.05, 0.1) is 0 Å². The number of nitrogens with two attached hydrogens (primary N) is 1. The van der Waals surface area contributed by atoms with E-state index in [1.807, 2.05) is 0 Å². The lowest BCUT2D eigenvalue weighted by molar-refractivity contribution is 0.129. The third-order valence-electron chi connectivity index (χ3n) is 4.79. The van der Waals surface area contributed by atoms with Crippen LogP contribution in [0.25, 0.3) is 0 Å². The molecule has 0 unspecified atom stereocenters. The summed E-state index contributed by atoms with van der Waals surface area (Å²) >= 11 is 0. The monoisotopic (exact) mass is 269 g/mol. The molecule has 0 radical (unpaired) electrons. The first kappa shape index (κ1) is 16.9. The Hall–Kier alpha value is -0.120. The number of nitrogens with zero attached hydrogens (tertiary/aromatic N) is 2. The molecular weight excluding hydrogens is 234 g/mol. The highest BCUT2D eigenvalue weighted by molar-refractivity contribution is 4.78. The van der Waals surface area contributed by atoms with Gasteiger partial charge in [0.15, 0.2) is 0 Å². The Labute approximate surface area is 120 Å². The van der Waals surface area contributed by atoms with Gasteiger partial charge in [0.25, 0.3) is 0 Å². The van der Waals surface area contributed by atoms with Crippen LogP contribution in [0.15, 0.2) is 0 Å². The SMILES string of the molecule is CCN1CCC(N(C)CCCCC(C)(C)CN)CC1. The molecule has 0 bridgehead atoms. The molecule has 0 atom stereocenters. The van der Waals surface area contributed by atoms with E-state index in [0.717, 1.165) is 12.6 Å². The fourth-order valence-corrected chi connectivity index (χ4v) is 2.93. The predicted octanol–water partition coefficient (Wildman–Crippen LogP) is 2.56. The van der Waals surface area contributed by atoms with Crippen LogP contribution in [0.5, 0.6) is 0 Å². The summed E-state index contributed by atoms with van der Waals surface area (Å²) in [4.78, 5) is 5.15. The Balaban J connectivity index is 2.13. The second kappa shape index (κ2) is 8.23. The van der Waals surface area contributed by atoms with Crippen LogP contribution in [0.4, 0.5) is 0 Å². The summed E-state index contributed by atoms with van der Waals surface area (Å²) in [5.74, 6) is 0. The van der Waals surface area contributed by atoms with Crippen LogP contribution in [-0.4, -0.2) is 55.6 Å². The first-order valence-electron chi connectivity index (χ1n) is 8.11. The van der Waals surface area contributed by atoms with Gasteiger partial charge in [-0.3, -0.25) is 0 Å². The first-order valence-corrected chi connectivity index (χ1v) is 8.11. The maximum Gasteiger partial charge on any atom is 0.0117 e. The number of hydrogen-bond acceptors (Lipinski definition) is 3. The molecule has 3 nitrogen and oxygen atoms in total. The molecule has 3 heteroatoms. The topological polar surface area (TPSA) is 32.5 Å². The summed E-state index contributed by atoms with van der Waals surface area (Å²) in [7, 11) is 2.31. The van der Waals surface area contributed by atoms with Crippen molar-refractivity contribution in [1.29, 1.82) is 0 Å². The summed E-state index contributed by atoms with van der Waals surface area (Å²) < 4.78 is 0. The van der Waals surface area contributed by atoms with E-state index in [1.165, 1.54) is 58.3 Å². The van der Waals surface area contributed by atoms with Crippen molar-refractivity contribution in [1.82, 2.24) is 9.80 Å². The van der Waals surface area contributed by atoms with Crippen molar-refractivity contribution in [3.63, 3.8) is 0 Å². The second-order valence-corrected chi connectivity index (χ2v) is 6.97. The van der Waals surface area contributed by atoms with E-state index in [0.29, 0.717) is 5.41 Å². The highest BCUT2D eigenvalue weighted by Crippen LogP contribution is 2.22. The third-order valence-corrected chi connectivity index (χ3v) is 4.79. The Morgan fingerprint density at radius 1 is 1.21 bits per heavy atom. The minimum absolute atomic E-state index is 0.324. The molecule has 1 heterocycles. The lowest BCUT2D eigenvalue weighted by Crippen LogP contribution is -2.43. The smallest absolute Gasteiger partial charge is 0.0117 e. The van der Waals surface area contributed by atoms with Gasteiger partial charge in [0.2, 0.25) is 0 Å². The molecule has 114 valence electrons. The van der Waals surface area contributed by atoms with Gasteiger partial charge in [-0.15, -0.1) is 0 Å². The van der Waals surface area contributed by atoms with Crippen LogP contribution < -0.4 is 5.73 Å². The zero-order valence-electron chi connectivity index (χ0n) is 13.6. The van der Waals surface area contributed by atoms with Crippen LogP contribution in [0.1, 0.15) is 52.9 Å². The van der Waals surface area contributed by atoms with Gasteiger partial charge in [-0.1, -0.05) is 27.2 Å². The van der Waals surface area contributed by atoms with Crippen molar-refractivity contribution < 1.29 is 0 Å². The van der Waals surface area contributed by atoms with Gasteiger partial charge in [0.1, 0.15) is 0 Å². The maximum atomic E-state index is 5.78. The average Bonchev–Trinajstić information content (AvgIpc) is 2.43. The number of hydrogen-bond donors (Lipinski definition) is 1. The van der Waals surface area contributed by atoms with Crippen LogP contribution in [0, 0.1) is 5.41 Å². The Morgan fingerprint density at radius 3 is 2.37 bits per heavy atom. The molecule has 2 N–H and O–H groups in total. The summed E-state index contributed by atoms with van der Waals surface area (Å²) in [6.45, 7) is 12.6. The molecule has 0 aromatic heterocycles. The average molecular weight is 269 g/mol. The largest absolute Gasteiger partial charge is 0.330 e. The zero-order valence-corrected chi connectivity index (χ0v) is 13.6. The molecule has 0 aromatic rings. The van der Waals surface area contributed by atoms with E-state index < -0.39 is 0 Å².